The summed E-state index contributed by atoms with van der Waals surface area (Å²) in [5.74, 6) is -1.86. The molecule has 1 aromatic heterocycles. The third-order valence-corrected chi connectivity index (χ3v) is 4.15. The second-order valence-electron chi connectivity index (χ2n) is 5.51. The number of ether oxygens (including phenoxy) is 2. The van der Waals surface area contributed by atoms with E-state index in [1.807, 2.05) is 0 Å². The monoisotopic (exact) mass is 410 g/mol. The minimum atomic E-state index is -5.10. The van der Waals surface area contributed by atoms with Gasteiger partial charge in [-0.2, -0.15) is 8.42 Å². The van der Waals surface area contributed by atoms with Crippen molar-refractivity contribution < 1.29 is 41.3 Å². The number of hydrogen-bond acceptors (Lipinski definition) is 9. The molecule has 0 amide bonds. The van der Waals surface area contributed by atoms with Crippen molar-refractivity contribution in [1.82, 2.24) is 0 Å². The first-order chi connectivity index (χ1) is 13.1. The highest BCUT2D eigenvalue weighted by Gasteiger charge is 2.25. The number of methoxy groups -OCH3 is 2. The molecule has 0 aliphatic heterocycles. The van der Waals surface area contributed by atoms with Gasteiger partial charge in [0.2, 0.25) is 11.2 Å². The van der Waals surface area contributed by atoms with Gasteiger partial charge in [-0.1, -0.05) is 0 Å². The molecule has 0 atom stereocenters. The van der Waals surface area contributed by atoms with Crippen LogP contribution in [0.1, 0.15) is 0 Å². The first kappa shape index (κ1) is 19.3. The lowest BCUT2D eigenvalue weighted by molar-refractivity contribution is 0.373. The van der Waals surface area contributed by atoms with Gasteiger partial charge in [0, 0.05) is 17.7 Å². The average Bonchev–Trinajstić information content (AvgIpc) is 2.62. The van der Waals surface area contributed by atoms with Gasteiger partial charge in [0.05, 0.1) is 14.2 Å². The first-order valence-electron chi connectivity index (χ1n) is 7.56. The van der Waals surface area contributed by atoms with E-state index in [1.165, 1.54) is 38.5 Å². The molecule has 0 aliphatic rings. The number of fused-ring (bicyclic) bond motifs is 1. The number of aromatic hydroxyl groups is 2. The summed E-state index contributed by atoms with van der Waals surface area (Å²) >= 11 is 0. The van der Waals surface area contributed by atoms with Crippen molar-refractivity contribution in [2.45, 2.75) is 0 Å². The van der Waals surface area contributed by atoms with Crippen molar-refractivity contribution in [3.63, 3.8) is 0 Å². The van der Waals surface area contributed by atoms with E-state index in [-0.39, 0.29) is 39.5 Å². The Balaban J connectivity index is 2.42. The topological polar surface area (TPSA) is 153 Å². The molecule has 0 bridgehead atoms. The predicted octanol–water partition coefficient (Wildman–Crippen LogP) is 2.07. The van der Waals surface area contributed by atoms with Crippen molar-refractivity contribution >= 4 is 21.4 Å². The third-order valence-electron chi connectivity index (χ3n) is 3.77. The predicted molar refractivity (Wildman–Crippen MR) is 96.5 cm³/mol. The van der Waals surface area contributed by atoms with Crippen LogP contribution in [0.25, 0.3) is 22.3 Å². The van der Waals surface area contributed by atoms with Gasteiger partial charge in [-0.05, 0) is 18.2 Å². The number of phenolic OH excluding ortho intramolecular Hbond substituents is 2. The molecule has 3 N–H and O–H groups in total. The van der Waals surface area contributed by atoms with E-state index in [9.17, 15) is 23.4 Å². The molecule has 28 heavy (non-hydrogen) atoms. The van der Waals surface area contributed by atoms with Crippen LogP contribution in [0.15, 0.2) is 39.5 Å². The molecule has 0 saturated heterocycles. The maximum atomic E-state index is 12.8. The summed E-state index contributed by atoms with van der Waals surface area (Å²) in [6, 6.07) is 6.21. The Kier molecular flexibility index (Phi) is 4.79. The normalized spacial score (nSPS) is 11.4. The molecular formula is C17H14O10S. The molecule has 0 spiro atoms. The quantitative estimate of drug-likeness (QED) is 0.533. The summed E-state index contributed by atoms with van der Waals surface area (Å²) in [4.78, 5) is 12.8. The van der Waals surface area contributed by atoms with Gasteiger partial charge in [-0.25, -0.2) is 0 Å². The summed E-state index contributed by atoms with van der Waals surface area (Å²) in [6.07, 6.45) is 0. The van der Waals surface area contributed by atoms with Crippen molar-refractivity contribution in [2.75, 3.05) is 14.2 Å². The molecule has 0 fully saturated rings. The van der Waals surface area contributed by atoms with Gasteiger partial charge in [0.15, 0.2) is 17.3 Å². The maximum Gasteiger partial charge on any atom is 0.446 e. The van der Waals surface area contributed by atoms with Crippen molar-refractivity contribution in [2.24, 2.45) is 0 Å². The SMILES string of the molecule is COc1cc(O)c2c(=O)c(OS(=O)(=O)O)c(-c3ccc(O)c(OC)c3)oc2c1. The van der Waals surface area contributed by atoms with E-state index < -0.39 is 27.3 Å². The molecule has 2 aromatic carbocycles. The van der Waals surface area contributed by atoms with Crippen molar-refractivity contribution in [1.29, 1.82) is 0 Å². The van der Waals surface area contributed by atoms with Gasteiger partial charge in [0.1, 0.15) is 22.5 Å². The fraction of sp³-hybridized carbons (Fsp3) is 0.118. The zero-order valence-corrected chi connectivity index (χ0v) is 15.3. The minimum absolute atomic E-state index is 0.00606. The highest BCUT2D eigenvalue weighted by atomic mass is 32.3. The lowest BCUT2D eigenvalue weighted by Crippen LogP contribution is -2.15. The van der Waals surface area contributed by atoms with Crippen LogP contribution in [0.2, 0.25) is 0 Å². The van der Waals surface area contributed by atoms with Gasteiger partial charge in [0.25, 0.3) is 0 Å². The highest BCUT2D eigenvalue weighted by molar-refractivity contribution is 7.81. The second-order valence-corrected chi connectivity index (χ2v) is 6.53. The average molecular weight is 410 g/mol. The third kappa shape index (κ3) is 3.52. The number of benzene rings is 2. The molecule has 10 nitrogen and oxygen atoms in total. The van der Waals surface area contributed by atoms with Gasteiger partial charge in [-0.3, -0.25) is 9.35 Å². The fourth-order valence-corrected chi connectivity index (χ4v) is 2.93. The molecule has 148 valence electrons. The van der Waals surface area contributed by atoms with Crippen molar-refractivity contribution in [3.05, 3.63) is 40.6 Å². The van der Waals surface area contributed by atoms with E-state index in [0.29, 0.717) is 0 Å². The van der Waals surface area contributed by atoms with Gasteiger partial charge >= 0.3 is 10.4 Å². The summed E-state index contributed by atoms with van der Waals surface area (Å²) in [6.45, 7) is 0. The van der Waals surface area contributed by atoms with Crippen LogP contribution in [0.5, 0.6) is 28.7 Å². The lowest BCUT2D eigenvalue weighted by atomic mass is 10.1. The largest absolute Gasteiger partial charge is 0.507 e. The van der Waals surface area contributed by atoms with E-state index in [0.717, 1.165) is 6.07 Å². The minimum Gasteiger partial charge on any atom is -0.507 e. The van der Waals surface area contributed by atoms with Crippen LogP contribution >= 0.6 is 0 Å². The summed E-state index contributed by atoms with van der Waals surface area (Å²) in [5, 5.41) is 19.5. The van der Waals surface area contributed by atoms with E-state index >= 15 is 0 Å². The van der Waals surface area contributed by atoms with Crippen LogP contribution in [0.4, 0.5) is 0 Å². The zero-order chi connectivity index (χ0) is 20.6. The lowest BCUT2D eigenvalue weighted by Gasteiger charge is -2.12. The molecule has 1 heterocycles. The van der Waals surface area contributed by atoms with Crippen LogP contribution in [0, 0.1) is 0 Å². The summed E-state index contributed by atoms with van der Waals surface area (Å²) < 4.78 is 51.5. The van der Waals surface area contributed by atoms with E-state index in [1.54, 1.807) is 0 Å². The molecule has 0 saturated carbocycles. The highest BCUT2D eigenvalue weighted by Crippen LogP contribution is 2.38. The molecule has 3 aromatic rings. The molecule has 3 rings (SSSR count). The molecule has 0 radical (unpaired) electrons. The Labute approximate surface area is 158 Å². The van der Waals surface area contributed by atoms with Gasteiger partial charge < -0.3 is 28.3 Å². The molecule has 0 unspecified atom stereocenters. The number of hydrogen-bond donors (Lipinski definition) is 3. The Hall–Kier alpha value is -3.44. The van der Waals surface area contributed by atoms with E-state index in [4.69, 9.17) is 18.4 Å². The second kappa shape index (κ2) is 6.94. The Morgan fingerprint density at radius 2 is 1.71 bits per heavy atom. The first-order valence-corrected chi connectivity index (χ1v) is 8.93. The molecular weight excluding hydrogens is 396 g/mol. The van der Waals surface area contributed by atoms with Crippen LogP contribution < -0.4 is 19.1 Å². The Morgan fingerprint density at radius 1 is 1.00 bits per heavy atom. The smallest absolute Gasteiger partial charge is 0.446 e. The maximum absolute atomic E-state index is 12.8. The Morgan fingerprint density at radius 3 is 2.32 bits per heavy atom. The Bertz CT molecular complexity index is 1230. The summed E-state index contributed by atoms with van der Waals surface area (Å²) in [5.41, 5.74) is -1.10. The molecule has 0 aliphatic carbocycles. The van der Waals surface area contributed by atoms with Crippen LogP contribution in [-0.4, -0.2) is 37.4 Å². The number of rotatable bonds is 5. The standard InChI is InChI=1S/C17H14O10S/c1-24-9-6-11(19)14-13(7-9)26-16(17(15(14)20)27-28(21,22)23)8-3-4-10(18)12(5-8)25-2/h3-7,18-19H,1-2H3,(H,21,22,23). The van der Waals surface area contributed by atoms with E-state index in [2.05, 4.69) is 4.18 Å². The van der Waals surface area contributed by atoms with Crippen LogP contribution in [0.3, 0.4) is 0 Å². The van der Waals surface area contributed by atoms with Gasteiger partial charge in [-0.15, -0.1) is 0 Å². The number of phenols is 2. The fourth-order valence-electron chi connectivity index (χ4n) is 2.57. The summed E-state index contributed by atoms with van der Waals surface area (Å²) in [7, 11) is -2.48. The van der Waals surface area contributed by atoms with Crippen LogP contribution in [-0.2, 0) is 10.4 Å². The zero-order valence-electron chi connectivity index (χ0n) is 14.5. The molecule has 11 heteroatoms. The van der Waals surface area contributed by atoms with Crippen molar-refractivity contribution in [3.8, 4) is 40.1 Å².